The molecular formula is C30H20N4. The lowest BCUT2D eigenvalue weighted by molar-refractivity contribution is 1.10. The Hall–Kier alpha value is -4.57. The van der Waals surface area contributed by atoms with Crippen molar-refractivity contribution in [2.75, 3.05) is 0 Å². The van der Waals surface area contributed by atoms with Crippen molar-refractivity contribution >= 4 is 43.6 Å². The minimum atomic E-state index is 0.749. The van der Waals surface area contributed by atoms with Crippen LogP contribution in [-0.2, 0) is 6.42 Å². The van der Waals surface area contributed by atoms with Crippen LogP contribution >= 0.6 is 0 Å². The summed E-state index contributed by atoms with van der Waals surface area (Å²) in [7, 11) is 0. The normalized spacial score (nSPS) is 11.6. The lowest BCUT2D eigenvalue weighted by atomic mass is 10.0. The fraction of sp³-hybridized carbons (Fsp3) is 0.0333. The number of para-hydroxylation sites is 2. The van der Waals surface area contributed by atoms with Gasteiger partial charge in [0.15, 0.2) is 0 Å². The van der Waals surface area contributed by atoms with E-state index in [4.69, 9.17) is 9.97 Å². The molecule has 0 aliphatic carbocycles. The van der Waals surface area contributed by atoms with E-state index in [1.165, 1.54) is 5.56 Å². The third-order valence-electron chi connectivity index (χ3n) is 6.45. The molecule has 0 spiro atoms. The van der Waals surface area contributed by atoms with Crippen molar-refractivity contribution in [2.45, 2.75) is 6.42 Å². The Morgan fingerprint density at radius 1 is 0.647 bits per heavy atom. The molecule has 4 nitrogen and oxygen atoms in total. The molecule has 4 heteroatoms. The van der Waals surface area contributed by atoms with E-state index in [0.717, 1.165) is 67.1 Å². The highest BCUT2D eigenvalue weighted by atomic mass is 14.9. The van der Waals surface area contributed by atoms with E-state index in [0.29, 0.717) is 0 Å². The van der Waals surface area contributed by atoms with Gasteiger partial charge >= 0.3 is 0 Å². The number of aromatic amines is 1. The van der Waals surface area contributed by atoms with Crippen LogP contribution in [0.15, 0.2) is 103 Å². The lowest BCUT2D eigenvalue weighted by Gasteiger charge is -2.09. The summed E-state index contributed by atoms with van der Waals surface area (Å²) in [5.41, 5.74) is 7.35. The molecule has 0 bridgehead atoms. The number of pyridine rings is 2. The molecule has 7 aromatic rings. The second-order valence-electron chi connectivity index (χ2n) is 8.66. The maximum absolute atomic E-state index is 5.12. The van der Waals surface area contributed by atoms with Gasteiger partial charge in [0.2, 0.25) is 0 Å². The summed E-state index contributed by atoms with van der Waals surface area (Å²) in [5.74, 6) is 0.887. The van der Waals surface area contributed by atoms with Crippen molar-refractivity contribution in [1.29, 1.82) is 0 Å². The zero-order chi connectivity index (χ0) is 22.5. The maximum atomic E-state index is 5.12. The molecule has 1 N–H and O–H groups in total. The van der Waals surface area contributed by atoms with E-state index in [1.807, 2.05) is 30.5 Å². The average molecular weight is 437 g/mol. The second kappa shape index (κ2) is 7.49. The van der Waals surface area contributed by atoms with Crippen LogP contribution in [0.3, 0.4) is 0 Å². The number of imidazole rings is 1. The van der Waals surface area contributed by atoms with E-state index >= 15 is 0 Å². The zero-order valence-electron chi connectivity index (χ0n) is 18.4. The molecule has 7 rings (SSSR count). The maximum Gasteiger partial charge on any atom is 0.138 e. The van der Waals surface area contributed by atoms with Crippen molar-refractivity contribution < 1.29 is 0 Å². The number of hydrogen-bond donors (Lipinski definition) is 1. The Bertz CT molecular complexity index is 1810. The molecule has 3 heterocycles. The highest BCUT2D eigenvalue weighted by Crippen LogP contribution is 2.30. The van der Waals surface area contributed by atoms with Gasteiger partial charge in [0.25, 0.3) is 0 Å². The molecule has 0 unspecified atom stereocenters. The monoisotopic (exact) mass is 436 g/mol. The Kier molecular flexibility index (Phi) is 4.18. The van der Waals surface area contributed by atoms with Gasteiger partial charge in [-0.3, -0.25) is 9.97 Å². The van der Waals surface area contributed by atoms with Gasteiger partial charge in [-0.25, -0.2) is 4.98 Å². The van der Waals surface area contributed by atoms with E-state index < -0.39 is 0 Å². The fourth-order valence-corrected chi connectivity index (χ4v) is 4.80. The molecule has 0 aliphatic rings. The standard InChI is InChI=1S/C30H20N4/c1-2-9-26-25(8-1)33-30(34-26)23-6-3-5-19(17-23)18-24-15-14-22-13-11-20-10-12-21-7-4-16-31-28(21)27(20)29(22)32-24/h1-17H,18H2,(H,33,34). The van der Waals surface area contributed by atoms with E-state index in [-0.39, 0.29) is 0 Å². The van der Waals surface area contributed by atoms with Gasteiger partial charge < -0.3 is 4.98 Å². The van der Waals surface area contributed by atoms with Gasteiger partial charge in [0, 0.05) is 40.0 Å². The molecule has 160 valence electrons. The third kappa shape index (κ3) is 3.11. The van der Waals surface area contributed by atoms with E-state index in [2.05, 4.69) is 82.8 Å². The molecule has 0 amide bonds. The number of nitrogens with one attached hydrogen (secondary N) is 1. The van der Waals surface area contributed by atoms with Crippen LogP contribution in [0.4, 0.5) is 0 Å². The lowest BCUT2D eigenvalue weighted by Crippen LogP contribution is -1.95. The Labute approximate surface area is 196 Å². The van der Waals surface area contributed by atoms with Crippen LogP contribution < -0.4 is 0 Å². The van der Waals surface area contributed by atoms with Gasteiger partial charge in [0.1, 0.15) is 5.82 Å². The van der Waals surface area contributed by atoms with Gasteiger partial charge in [-0.1, -0.05) is 66.7 Å². The largest absolute Gasteiger partial charge is 0.338 e. The van der Waals surface area contributed by atoms with Gasteiger partial charge in [-0.15, -0.1) is 0 Å². The Balaban J connectivity index is 1.32. The van der Waals surface area contributed by atoms with Gasteiger partial charge in [-0.2, -0.15) is 0 Å². The van der Waals surface area contributed by atoms with Crippen molar-refractivity contribution in [3.8, 4) is 11.4 Å². The molecule has 3 aromatic heterocycles. The Morgan fingerprint density at radius 3 is 2.38 bits per heavy atom. The number of nitrogens with zero attached hydrogens (tertiary/aromatic N) is 3. The van der Waals surface area contributed by atoms with Gasteiger partial charge in [-0.05, 0) is 41.3 Å². The first-order chi connectivity index (χ1) is 16.8. The van der Waals surface area contributed by atoms with Crippen molar-refractivity contribution in [3.05, 3.63) is 115 Å². The molecule has 0 saturated heterocycles. The number of H-pyrrole nitrogens is 1. The first-order valence-corrected chi connectivity index (χ1v) is 11.4. The van der Waals surface area contributed by atoms with Crippen molar-refractivity contribution in [2.24, 2.45) is 0 Å². The smallest absolute Gasteiger partial charge is 0.138 e. The SMILES string of the molecule is c1cc(Cc2ccc3ccc4ccc5cccnc5c4c3n2)cc(-c2nc3ccccc3[nH]2)c1. The number of aromatic nitrogens is 4. The highest BCUT2D eigenvalue weighted by Gasteiger charge is 2.10. The molecule has 0 fully saturated rings. The number of benzene rings is 4. The minimum Gasteiger partial charge on any atom is -0.338 e. The summed E-state index contributed by atoms with van der Waals surface area (Å²) in [6.45, 7) is 0. The highest BCUT2D eigenvalue weighted by molar-refractivity contribution is 6.17. The summed E-state index contributed by atoms with van der Waals surface area (Å²) in [6, 6.07) is 33.6. The van der Waals surface area contributed by atoms with Crippen LogP contribution in [0, 0.1) is 0 Å². The van der Waals surface area contributed by atoms with Crippen LogP contribution in [0.25, 0.3) is 55.0 Å². The number of rotatable bonds is 3. The van der Waals surface area contributed by atoms with Crippen LogP contribution in [0.5, 0.6) is 0 Å². The summed E-state index contributed by atoms with van der Waals surface area (Å²) in [4.78, 5) is 18.0. The van der Waals surface area contributed by atoms with Crippen LogP contribution in [0.1, 0.15) is 11.3 Å². The number of fused-ring (bicyclic) bond motifs is 6. The summed E-state index contributed by atoms with van der Waals surface area (Å²) in [5, 5.41) is 4.54. The summed E-state index contributed by atoms with van der Waals surface area (Å²) >= 11 is 0. The number of hydrogen-bond acceptors (Lipinski definition) is 3. The van der Waals surface area contributed by atoms with Crippen molar-refractivity contribution in [3.63, 3.8) is 0 Å². The molecule has 0 saturated carbocycles. The first-order valence-electron chi connectivity index (χ1n) is 11.4. The molecule has 0 radical (unpaired) electrons. The quantitative estimate of drug-likeness (QED) is 0.301. The average Bonchev–Trinajstić information content (AvgIpc) is 3.33. The predicted molar refractivity (Wildman–Crippen MR) is 139 cm³/mol. The third-order valence-corrected chi connectivity index (χ3v) is 6.45. The van der Waals surface area contributed by atoms with Crippen LogP contribution in [0.2, 0.25) is 0 Å². The summed E-state index contributed by atoms with van der Waals surface area (Å²) < 4.78 is 0. The molecule has 0 aliphatic heterocycles. The van der Waals surface area contributed by atoms with Crippen LogP contribution in [-0.4, -0.2) is 19.9 Å². The topological polar surface area (TPSA) is 54.5 Å². The Morgan fingerprint density at radius 2 is 1.47 bits per heavy atom. The summed E-state index contributed by atoms with van der Waals surface area (Å²) in [6.07, 6.45) is 2.60. The predicted octanol–water partition coefficient (Wildman–Crippen LogP) is 7.07. The van der Waals surface area contributed by atoms with E-state index in [9.17, 15) is 0 Å². The zero-order valence-corrected chi connectivity index (χ0v) is 18.4. The minimum absolute atomic E-state index is 0.749. The molecule has 0 atom stereocenters. The molecular weight excluding hydrogens is 416 g/mol. The van der Waals surface area contributed by atoms with E-state index in [1.54, 1.807) is 0 Å². The second-order valence-corrected chi connectivity index (χ2v) is 8.66. The fourth-order valence-electron chi connectivity index (χ4n) is 4.80. The first kappa shape index (κ1) is 18.9. The molecule has 34 heavy (non-hydrogen) atoms. The van der Waals surface area contributed by atoms with Gasteiger partial charge in [0.05, 0.1) is 22.1 Å². The van der Waals surface area contributed by atoms with Crippen molar-refractivity contribution in [1.82, 2.24) is 19.9 Å². The molecule has 4 aromatic carbocycles.